The summed E-state index contributed by atoms with van der Waals surface area (Å²) in [6, 6.07) is 13.3. The van der Waals surface area contributed by atoms with Crippen LogP contribution in [-0.4, -0.2) is 22.3 Å². The topological polar surface area (TPSA) is 68.0 Å². The third-order valence-corrected chi connectivity index (χ3v) is 5.61. The second-order valence-corrected chi connectivity index (χ2v) is 7.30. The molecule has 120 valence electrons. The van der Waals surface area contributed by atoms with Gasteiger partial charge in [-0.2, -0.15) is 0 Å². The van der Waals surface area contributed by atoms with Gasteiger partial charge in [0.25, 0.3) is 0 Å². The van der Waals surface area contributed by atoms with E-state index in [1.165, 1.54) is 0 Å². The number of thiazole rings is 1. The second-order valence-electron chi connectivity index (χ2n) is 5.22. The largest absolute Gasteiger partial charge is 0.356 e. The maximum absolute atomic E-state index is 12.3. The molecule has 0 bridgehead atoms. The highest BCUT2D eigenvalue weighted by atomic mass is 32.2. The van der Waals surface area contributed by atoms with Crippen molar-refractivity contribution in [2.45, 2.75) is 10.8 Å². The Morgan fingerprint density at radius 1 is 1.29 bits per heavy atom. The summed E-state index contributed by atoms with van der Waals surface area (Å²) in [5.41, 5.74) is 3.05. The number of para-hydroxylation sites is 1. The summed E-state index contributed by atoms with van der Waals surface area (Å²) >= 11 is 3.24. The summed E-state index contributed by atoms with van der Waals surface area (Å²) in [5, 5.41) is 7.78. The number of hydrogen-bond acceptors (Lipinski definition) is 6. The number of nitrogens with one attached hydrogen (secondary N) is 1. The smallest absolute Gasteiger partial charge is 0.230 e. The van der Waals surface area contributed by atoms with Crippen LogP contribution in [0.25, 0.3) is 21.2 Å². The van der Waals surface area contributed by atoms with Gasteiger partial charge in [-0.05, 0) is 36.6 Å². The third-order valence-electron chi connectivity index (χ3n) is 3.61. The Labute approximate surface area is 146 Å². The lowest BCUT2D eigenvalue weighted by Gasteiger charge is -2.03. The number of rotatable bonds is 4. The Morgan fingerprint density at radius 2 is 2.17 bits per heavy atom. The molecule has 2 heterocycles. The molecule has 0 saturated heterocycles. The van der Waals surface area contributed by atoms with E-state index in [1.54, 1.807) is 23.1 Å². The predicted molar refractivity (Wildman–Crippen MR) is 97.7 cm³/mol. The minimum absolute atomic E-state index is 0.122. The zero-order valence-corrected chi connectivity index (χ0v) is 14.4. The molecule has 7 heteroatoms. The van der Waals surface area contributed by atoms with Crippen LogP contribution in [0.1, 0.15) is 5.69 Å². The van der Waals surface area contributed by atoms with Gasteiger partial charge in [0.1, 0.15) is 5.69 Å². The second kappa shape index (κ2) is 6.26. The molecule has 5 nitrogen and oxygen atoms in total. The summed E-state index contributed by atoms with van der Waals surface area (Å²) in [4.78, 5) is 16.8. The van der Waals surface area contributed by atoms with Crippen molar-refractivity contribution >= 4 is 55.9 Å². The molecule has 0 aliphatic heterocycles. The molecule has 4 rings (SSSR count). The van der Waals surface area contributed by atoms with Crippen molar-refractivity contribution in [2.24, 2.45) is 0 Å². The Bertz CT molecular complexity index is 1040. The summed E-state index contributed by atoms with van der Waals surface area (Å²) in [6.07, 6.45) is 2.18. The molecule has 1 amide bonds. The lowest BCUT2D eigenvalue weighted by atomic mass is 10.1. The van der Waals surface area contributed by atoms with E-state index >= 15 is 0 Å². The average molecular weight is 355 g/mol. The van der Waals surface area contributed by atoms with Crippen molar-refractivity contribution in [1.82, 2.24) is 10.1 Å². The number of fused-ring (bicyclic) bond motifs is 2. The zero-order chi connectivity index (χ0) is 16.5. The molecule has 0 aliphatic carbocycles. The van der Waals surface area contributed by atoms with Gasteiger partial charge in [-0.1, -0.05) is 29.1 Å². The monoisotopic (exact) mass is 355 g/mol. The lowest BCUT2D eigenvalue weighted by molar-refractivity contribution is -0.115. The van der Waals surface area contributed by atoms with Crippen LogP contribution in [0.5, 0.6) is 0 Å². The highest BCUT2D eigenvalue weighted by Gasteiger charge is 2.13. The zero-order valence-electron chi connectivity index (χ0n) is 12.8. The highest BCUT2D eigenvalue weighted by molar-refractivity contribution is 8.00. The van der Waals surface area contributed by atoms with Crippen molar-refractivity contribution in [2.75, 3.05) is 11.6 Å². The van der Waals surface area contributed by atoms with Gasteiger partial charge < -0.3 is 9.84 Å². The molecule has 4 aromatic rings. The van der Waals surface area contributed by atoms with Crippen LogP contribution >= 0.6 is 23.1 Å². The average Bonchev–Trinajstić information content (AvgIpc) is 3.18. The van der Waals surface area contributed by atoms with Crippen molar-refractivity contribution in [3.63, 3.8) is 0 Å². The van der Waals surface area contributed by atoms with E-state index in [2.05, 4.69) is 15.5 Å². The molecule has 0 aliphatic rings. The number of aromatic nitrogens is 2. The van der Waals surface area contributed by atoms with E-state index in [9.17, 15) is 4.79 Å². The van der Waals surface area contributed by atoms with Gasteiger partial charge in [0.05, 0.1) is 16.6 Å². The van der Waals surface area contributed by atoms with Crippen molar-refractivity contribution in [3.8, 4) is 0 Å². The standard InChI is InChI=1S/C17H13N3O2S2/c1-23-17-19-12-7-6-10(8-15(12)24-17)18-16(21)9-13-11-4-2-3-5-14(11)22-20-13/h2-8H,9H2,1H3,(H,18,21). The maximum atomic E-state index is 12.3. The van der Waals surface area contributed by atoms with Gasteiger partial charge in [0, 0.05) is 11.1 Å². The Balaban J connectivity index is 1.53. The number of anilines is 1. The minimum atomic E-state index is -0.122. The highest BCUT2D eigenvalue weighted by Crippen LogP contribution is 2.30. The van der Waals surface area contributed by atoms with Gasteiger partial charge in [-0.3, -0.25) is 4.79 Å². The Hall–Kier alpha value is -2.38. The molecule has 2 aromatic carbocycles. The van der Waals surface area contributed by atoms with Crippen molar-refractivity contribution in [1.29, 1.82) is 0 Å². The van der Waals surface area contributed by atoms with E-state index in [4.69, 9.17) is 4.52 Å². The van der Waals surface area contributed by atoms with Crippen molar-refractivity contribution < 1.29 is 9.32 Å². The fraction of sp³-hybridized carbons (Fsp3) is 0.118. The summed E-state index contributed by atoms with van der Waals surface area (Å²) in [6.45, 7) is 0. The molecule has 2 aromatic heterocycles. The van der Waals surface area contributed by atoms with Gasteiger partial charge in [0.15, 0.2) is 9.92 Å². The molecule has 0 saturated carbocycles. The molecule has 0 fully saturated rings. The number of benzene rings is 2. The Kier molecular flexibility index (Phi) is 3.95. The summed E-state index contributed by atoms with van der Waals surface area (Å²) < 4.78 is 7.31. The molecule has 24 heavy (non-hydrogen) atoms. The number of nitrogens with zero attached hydrogens (tertiary/aromatic N) is 2. The van der Waals surface area contributed by atoms with E-state index in [0.717, 1.165) is 25.6 Å². The normalized spacial score (nSPS) is 11.2. The van der Waals surface area contributed by atoms with Gasteiger partial charge in [-0.15, -0.1) is 11.3 Å². The fourth-order valence-corrected chi connectivity index (χ4v) is 4.02. The molecule has 0 spiro atoms. The van der Waals surface area contributed by atoms with Crippen LogP contribution in [0.3, 0.4) is 0 Å². The van der Waals surface area contributed by atoms with Crippen LogP contribution in [0.2, 0.25) is 0 Å². The number of carbonyl (C=O) groups excluding carboxylic acids is 1. The molecular weight excluding hydrogens is 342 g/mol. The molecule has 0 atom stereocenters. The van der Waals surface area contributed by atoms with Gasteiger partial charge >= 0.3 is 0 Å². The van der Waals surface area contributed by atoms with Crippen LogP contribution < -0.4 is 5.32 Å². The quantitative estimate of drug-likeness (QED) is 0.552. The van der Waals surface area contributed by atoms with Gasteiger partial charge in [-0.25, -0.2) is 4.98 Å². The first kappa shape index (κ1) is 15.2. The Morgan fingerprint density at radius 3 is 3.04 bits per heavy atom. The first-order valence-corrected chi connectivity index (χ1v) is 9.35. The summed E-state index contributed by atoms with van der Waals surface area (Å²) in [7, 11) is 0. The minimum Gasteiger partial charge on any atom is -0.356 e. The van der Waals surface area contributed by atoms with E-state index < -0.39 is 0 Å². The maximum Gasteiger partial charge on any atom is 0.230 e. The first-order valence-electron chi connectivity index (χ1n) is 7.30. The van der Waals surface area contributed by atoms with E-state index in [-0.39, 0.29) is 12.3 Å². The van der Waals surface area contributed by atoms with Crippen LogP contribution in [-0.2, 0) is 11.2 Å². The first-order chi connectivity index (χ1) is 11.7. The van der Waals surface area contributed by atoms with Crippen LogP contribution in [0, 0.1) is 0 Å². The molecular formula is C17H13N3O2S2. The van der Waals surface area contributed by atoms with E-state index in [1.807, 2.05) is 48.7 Å². The number of hydrogen-bond donors (Lipinski definition) is 1. The third kappa shape index (κ3) is 2.88. The summed E-state index contributed by atoms with van der Waals surface area (Å²) in [5.74, 6) is -0.122. The SMILES string of the molecule is CSc1nc2ccc(NC(=O)Cc3noc4ccccc34)cc2s1. The number of amides is 1. The number of thioether (sulfide) groups is 1. The predicted octanol–water partition coefficient (Wildman–Crippen LogP) is 4.34. The molecule has 0 radical (unpaired) electrons. The van der Waals surface area contributed by atoms with Crippen LogP contribution in [0.15, 0.2) is 51.3 Å². The number of carbonyl (C=O) groups is 1. The van der Waals surface area contributed by atoms with Gasteiger partial charge in [0.2, 0.25) is 5.91 Å². The fourth-order valence-electron chi connectivity index (χ4n) is 2.49. The van der Waals surface area contributed by atoms with Crippen LogP contribution in [0.4, 0.5) is 5.69 Å². The molecule has 0 unspecified atom stereocenters. The van der Waals surface area contributed by atoms with E-state index in [0.29, 0.717) is 11.3 Å². The molecule has 1 N–H and O–H groups in total. The van der Waals surface area contributed by atoms with Crippen molar-refractivity contribution in [3.05, 3.63) is 48.2 Å². The lowest BCUT2D eigenvalue weighted by Crippen LogP contribution is -2.14.